The van der Waals surface area contributed by atoms with Crippen LogP contribution in [0.25, 0.3) is 0 Å². The van der Waals surface area contributed by atoms with Gasteiger partial charge in [0.1, 0.15) is 5.00 Å². The molecular formula is C20H22N2O4S2. The van der Waals surface area contributed by atoms with Crippen molar-refractivity contribution in [2.45, 2.75) is 20.3 Å². The van der Waals surface area contributed by atoms with Gasteiger partial charge < -0.3 is 24.8 Å². The zero-order valence-electron chi connectivity index (χ0n) is 15.8. The molecule has 8 heteroatoms. The summed E-state index contributed by atoms with van der Waals surface area (Å²) in [6, 6.07) is 5.80. The van der Waals surface area contributed by atoms with Crippen LogP contribution in [0.5, 0.6) is 11.5 Å². The van der Waals surface area contributed by atoms with E-state index in [-0.39, 0.29) is 12.8 Å². The van der Waals surface area contributed by atoms with E-state index in [0.717, 1.165) is 27.5 Å². The van der Waals surface area contributed by atoms with Crippen LogP contribution in [0.1, 0.15) is 33.3 Å². The highest BCUT2D eigenvalue weighted by atomic mass is 32.1. The number of fused-ring (bicyclic) bond motifs is 1. The topological polar surface area (TPSA) is 68.8 Å². The first kappa shape index (κ1) is 20.2. The van der Waals surface area contributed by atoms with E-state index in [1.54, 1.807) is 13.0 Å². The maximum atomic E-state index is 12.7. The molecule has 6 nitrogen and oxygen atoms in total. The van der Waals surface area contributed by atoms with Crippen LogP contribution in [0.4, 0.5) is 5.00 Å². The van der Waals surface area contributed by atoms with Crippen LogP contribution >= 0.6 is 23.6 Å². The third-order valence-electron chi connectivity index (χ3n) is 4.14. The molecule has 2 N–H and O–H groups in total. The average Bonchev–Trinajstić information content (AvgIpc) is 3.24. The van der Waals surface area contributed by atoms with Crippen molar-refractivity contribution in [3.8, 4) is 11.5 Å². The molecule has 0 radical (unpaired) electrons. The van der Waals surface area contributed by atoms with Crippen LogP contribution < -0.4 is 20.1 Å². The fraction of sp³-hybridized carbons (Fsp3) is 0.300. The van der Waals surface area contributed by atoms with Crippen LogP contribution in [0.15, 0.2) is 30.9 Å². The number of carbonyl (C=O) groups excluding carboxylic acids is 1. The molecule has 0 unspecified atom stereocenters. The lowest BCUT2D eigenvalue weighted by molar-refractivity contribution is 0.0527. The van der Waals surface area contributed by atoms with E-state index in [0.29, 0.717) is 35.2 Å². The van der Waals surface area contributed by atoms with Crippen molar-refractivity contribution in [3.63, 3.8) is 0 Å². The van der Waals surface area contributed by atoms with Crippen LogP contribution in [0.3, 0.4) is 0 Å². The lowest BCUT2D eigenvalue weighted by Gasteiger charge is -2.11. The summed E-state index contributed by atoms with van der Waals surface area (Å²) in [6.07, 6.45) is 2.28. The fourth-order valence-corrected chi connectivity index (χ4v) is 4.18. The predicted molar refractivity (Wildman–Crippen MR) is 115 cm³/mol. The molecule has 0 saturated carbocycles. The van der Waals surface area contributed by atoms with Gasteiger partial charge in [-0.05, 0) is 55.7 Å². The molecular weight excluding hydrogens is 396 g/mol. The smallest absolute Gasteiger partial charge is 0.341 e. The Morgan fingerprint density at radius 1 is 1.39 bits per heavy atom. The second-order valence-electron chi connectivity index (χ2n) is 6.05. The number of hydrogen-bond acceptors (Lipinski definition) is 6. The largest absolute Gasteiger partial charge is 0.462 e. The number of hydrogen-bond donors (Lipinski definition) is 2. The van der Waals surface area contributed by atoms with Gasteiger partial charge in [0.2, 0.25) is 6.79 Å². The molecule has 0 amide bonds. The van der Waals surface area contributed by atoms with Crippen molar-refractivity contribution in [2.75, 3.05) is 25.3 Å². The molecule has 0 bridgehead atoms. The summed E-state index contributed by atoms with van der Waals surface area (Å²) in [7, 11) is 0. The van der Waals surface area contributed by atoms with Crippen LogP contribution in [-0.4, -0.2) is 31.0 Å². The van der Waals surface area contributed by atoms with E-state index in [9.17, 15) is 4.79 Å². The van der Waals surface area contributed by atoms with Crippen molar-refractivity contribution in [2.24, 2.45) is 0 Å². The summed E-state index contributed by atoms with van der Waals surface area (Å²) < 4.78 is 16.1. The van der Waals surface area contributed by atoms with Crippen molar-refractivity contribution in [3.05, 3.63) is 52.4 Å². The summed E-state index contributed by atoms with van der Waals surface area (Å²) in [5, 5.41) is 7.24. The highest BCUT2D eigenvalue weighted by Gasteiger charge is 2.24. The number of esters is 1. The van der Waals surface area contributed by atoms with E-state index in [1.165, 1.54) is 11.3 Å². The first-order chi connectivity index (χ1) is 13.5. The van der Waals surface area contributed by atoms with E-state index in [1.807, 2.05) is 25.1 Å². The highest BCUT2D eigenvalue weighted by Crippen LogP contribution is 2.37. The standard InChI is InChI=1S/C20H22N2O4S2/c1-4-8-21-20(27)22-18-17(19(23)24-5-2)14(12(3)28-18)9-13-6-7-15-16(10-13)26-11-25-15/h4,6-7,10H,1,5,8-9,11H2,2-3H3,(H2,21,22,27). The first-order valence-corrected chi connectivity index (χ1v) is 10.1. The van der Waals surface area contributed by atoms with Gasteiger partial charge in [-0.2, -0.15) is 0 Å². The van der Waals surface area contributed by atoms with Crippen molar-refractivity contribution in [1.29, 1.82) is 0 Å². The second-order valence-corrected chi connectivity index (χ2v) is 7.68. The summed E-state index contributed by atoms with van der Waals surface area (Å²) in [6.45, 7) is 8.50. The Morgan fingerprint density at radius 2 is 2.18 bits per heavy atom. The van der Waals surface area contributed by atoms with E-state index >= 15 is 0 Å². The summed E-state index contributed by atoms with van der Waals surface area (Å²) in [4.78, 5) is 13.7. The minimum atomic E-state index is -0.364. The maximum Gasteiger partial charge on any atom is 0.341 e. The third-order valence-corrected chi connectivity index (χ3v) is 5.45. The summed E-state index contributed by atoms with van der Waals surface area (Å²) in [5.74, 6) is 1.09. The first-order valence-electron chi connectivity index (χ1n) is 8.87. The number of rotatable bonds is 7. The van der Waals surface area contributed by atoms with Crippen molar-refractivity contribution in [1.82, 2.24) is 5.32 Å². The molecule has 1 aromatic carbocycles. The fourth-order valence-electron chi connectivity index (χ4n) is 2.87. The summed E-state index contributed by atoms with van der Waals surface area (Å²) >= 11 is 6.78. The number of benzene rings is 1. The van der Waals surface area contributed by atoms with Gasteiger partial charge in [0.25, 0.3) is 0 Å². The monoisotopic (exact) mass is 418 g/mol. The van der Waals surface area contributed by atoms with Crippen molar-refractivity contribution >= 4 is 39.6 Å². The van der Waals surface area contributed by atoms with Gasteiger partial charge in [-0.1, -0.05) is 12.1 Å². The molecule has 1 aliphatic rings. The number of carbonyl (C=O) groups is 1. The SMILES string of the molecule is C=CCNC(=S)Nc1sc(C)c(Cc2ccc3c(c2)OCO3)c1C(=O)OCC. The van der Waals surface area contributed by atoms with E-state index in [2.05, 4.69) is 17.2 Å². The molecule has 0 spiro atoms. The lowest BCUT2D eigenvalue weighted by Crippen LogP contribution is -2.28. The molecule has 0 atom stereocenters. The van der Waals surface area contributed by atoms with Gasteiger partial charge >= 0.3 is 5.97 Å². The average molecular weight is 419 g/mol. The van der Waals surface area contributed by atoms with Gasteiger partial charge in [-0.25, -0.2) is 4.79 Å². The van der Waals surface area contributed by atoms with Crippen LogP contribution in [-0.2, 0) is 11.2 Å². The number of nitrogens with one attached hydrogen (secondary N) is 2. The van der Waals surface area contributed by atoms with Gasteiger partial charge in [0, 0.05) is 11.4 Å². The minimum Gasteiger partial charge on any atom is -0.462 e. The van der Waals surface area contributed by atoms with Crippen LogP contribution in [0.2, 0.25) is 0 Å². The Morgan fingerprint density at radius 3 is 2.93 bits per heavy atom. The predicted octanol–water partition coefficient (Wildman–Crippen LogP) is 4.03. The van der Waals surface area contributed by atoms with Crippen LogP contribution in [0, 0.1) is 6.92 Å². The Balaban J connectivity index is 1.91. The normalized spacial score (nSPS) is 11.8. The molecule has 28 heavy (non-hydrogen) atoms. The second kappa shape index (κ2) is 9.07. The Bertz CT molecular complexity index is 908. The maximum absolute atomic E-state index is 12.7. The zero-order valence-corrected chi connectivity index (χ0v) is 17.4. The highest BCUT2D eigenvalue weighted by molar-refractivity contribution is 7.80. The minimum absolute atomic E-state index is 0.230. The van der Waals surface area contributed by atoms with E-state index < -0.39 is 0 Å². The summed E-state index contributed by atoms with van der Waals surface area (Å²) in [5.41, 5.74) is 2.45. The molecule has 2 aromatic rings. The molecule has 0 saturated heterocycles. The third kappa shape index (κ3) is 4.45. The molecule has 3 rings (SSSR count). The van der Waals surface area contributed by atoms with Gasteiger partial charge in [-0.15, -0.1) is 17.9 Å². The van der Waals surface area contributed by atoms with Gasteiger partial charge in [0.05, 0.1) is 12.2 Å². The van der Waals surface area contributed by atoms with Crippen molar-refractivity contribution < 1.29 is 19.0 Å². The Kier molecular flexibility index (Phi) is 6.53. The number of ether oxygens (including phenoxy) is 3. The molecule has 0 aliphatic carbocycles. The van der Waals surface area contributed by atoms with Gasteiger partial charge in [-0.3, -0.25) is 0 Å². The van der Waals surface area contributed by atoms with Gasteiger partial charge in [0.15, 0.2) is 16.6 Å². The van der Waals surface area contributed by atoms with E-state index in [4.69, 9.17) is 26.4 Å². The molecule has 1 aromatic heterocycles. The number of anilines is 1. The Hall–Kier alpha value is -2.58. The lowest BCUT2D eigenvalue weighted by atomic mass is 10.0. The number of thiocarbonyl (C=S) groups is 1. The quantitative estimate of drug-likeness (QED) is 0.400. The number of thiophene rings is 1. The Labute approximate surface area is 173 Å². The molecule has 1 aliphatic heterocycles. The molecule has 148 valence electrons. The molecule has 2 heterocycles. The zero-order chi connectivity index (χ0) is 20.1. The molecule has 0 fully saturated rings. The number of aryl methyl sites for hydroxylation is 1.